The summed E-state index contributed by atoms with van der Waals surface area (Å²) in [7, 11) is 0. The second-order valence-electron chi connectivity index (χ2n) is 26.0. The van der Waals surface area contributed by atoms with E-state index in [0.717, 1.165) is 44.9 Å². The Morgan fingerprint density at radius 3 is 0.877 bits per heavy atom. The van der Waals surface area contributed by atoms with Crippen molar-refractivity contribution in [1.82, 2.24) is 5.32 Å². The lowest BCUT2D eigenvalue weighted by Crippen LogP contribution is -2.45. The number of rotatable bonds is 71. The van der Waals surface area contributed by atoms with Gasteiger partial charge in [-0.05, 0) is 51.4 Å². The first-order chi connectivity index (χ1) is 40.0. The van der Waals surface area contributed by atoms with Gasteiger partial charge in [0.1, 0.15) is 0 Å². The molecular formula is C75H147NO5. The van der Waals surface area contributed by atoms with Crippen LogP contribution in [0.5, 0.6) is 0 Å². The molecule has 0 heterocycles. The number of allylic oxidation sites excluding steroid dienone is 2. The molecule has 2 atom stereocenters. The van der Waals surface area contributed by atoms with Crippen molar-refractivity contribution in [3.05, 3.63) is 12.2 Å². The number of aliphatic hydroxyl groups is 2. The van der Waals surface area contributed by atoms with Crippen molar-refractivity contribution < 1.29 is 24.5 Å². The highest BCUT2D eigenvalue weighted by atomic mass is 16.5. The largest absolute Gasteiger partial charge is 0.466 e. The quantitative estimate of drug-likeness (QED) is 0.0320. The van der Waals surface area contributed by atoms with Gasteiger partial charge in [-0.25, -0.2) is 0 Å². The molecule has 0 spiro atoms. The molecule has 482 valence electrons. The van der Waals surface area contributed by atoms with E-state index in [1.54, 1.807) is 0 Å². The highest BCUT2D eigenvalue weighted by Crippen LogP contribution is 2.20. The van der Waals surface area contributed by atoms with E-state index in [1.165, 1.54) is 353 Å². The average Bonchev–Trinajstić information content (AvgIpc) is 3.47. The minimum atomic E-state index is -0.660. The third-order valence-electron chi connectivity index (χ3n) is 17.8. The number of hydrogen-bond acceptors (Lipinski definition) is 5. The molecule has 0 aliphatic rings. The monoisotopic (exact) mass is 1140 g/mol. The maximum atomic E-state index is 12.5. The predicted molar refractivity (Wildman–Crippen MR) is 357 cm³/mol. The van der Waals surface area contributed by atoms with Gasteiger partial charge in [0.2, 0.25) is 5.91 Å². The molecule has 0 rings (SSSR count). The predicted octanol–water partition coefficient (Wildman–Crippen LogP) is 24.3. The Hall–Kier alpha value is -1.40. The van der Waals surface area contributed by atoms with E-state index in [1.807, 2.05) is 0 Å². The molecule has 0 fully saturated rings. The van der Waals surface area contributed by atoms with E-state index in [9.17, 15) is 19.8 Å². The van der Waals surface area contributed by atoms with Crippen molar-refractivity contribution in [3.63, 3.8) is 0 Å². The Labute approximate surface area is 508 Å². The number of unbranched alkanes of at least 4 members (excludes halogenated alkanes) is 58. The van der Waals surface area contributed by atoms with Crippen LogP contribution in [0.25, 0.3) is 0 Å². The molecule has 0 radical (unpaired) electrons. The van der Waals surface area contributed by atoms with Gasteiger partial charge in [0.25, 0.3) is 0 Å². The number of hydrogen-bond donors (Lipinski definition) is 3. The number of ether oxygens (including phenoxy) is 1. The fourth-order valence-electron chi connectivity index (χ4n) is 12.1. The Morgan fingerprint density at radius 1 is 0.333 bits per heavy atom. The molecule has 0 aromatic carbocycles. The van der Waals surface area contributed by atoms with Crippen LogP contribution in [-0.2, 0) is 14.3 Å². The van der Waals surface area contributed by atoms with Crippen LogP contribution in [0, 0.1) is 0 Å². The molecule has 1 amide bonds. The number of aliphatic hydroxyl groups excluding tert-OH is 2. The normalized spacial score (nSPS) is 12.5. The molecule has 81 heavy (non-hydrogen) atoms. The molecule has 6 nitrogen and oxygen atoms in total. The summed E-state index contributed by atoms with van der Waals surface area (Å²) in [4.78, 5) is 24.6. The van der Waals surface area contributed by atoms with Gasteiger partial charge in [0.15, 0.2) is 0 Å². The van der Waals surface area contributed by atoms with Crippen LogP contribution in [0.1, 0.15) is 431 Å². The van der Waals surface area contributed by atoms with E-state index < -0.39 is 12.1 Å². The molecule has 6 heteroatoms. The van der Waals surface area contributed by atoms with Crippen LogP contribution in [-0.4, -0.2) is 47.4 Å². The highest BCUT2D eigenvalue weighted by molar-refractivity contribution is 5.76. The molecule has 0 bridgehead atoms. The molecule has 0 aliphatic carbocycles. The van der Waals surface area contributed by atoms with Gasteiger partial charge in [-0.1, -0.05) is 379 Å². The van der Waals surface area contributed by atoms with Gasteiger partial charge < -0.3 is 20.3 Å². The summed E-state index contributed by atoms with van der Waals surface area (Å²) in [6, 6.07) is -0.537. The molecule has 0 aromatic rings. The van der Waals surface area contributed by atoms with Gasteiger partial charge in [-0.15, -0.1) is 0 Å². The third-order valence-corrected chi connectivity index (χ3v) is 17.8. The van der Waals surface area contributed by atoms with Crippen molar-refractivity contribution in [3.8, 4) is 0 Å². The van der Waals surface area contributed by atoms with Crippen molar-refractivity contribution >= 4 is 11.9 Å². The summed E-state index contributed by atoms with van der Waals surface area (Å²) in [5.74, 6) is -0.0117. The lowest BCUT2D eigenvalue weighted by molar-refractivity contribution is -0.143. The van der Waals surface area contributed by atoms with Gasteiger partial charge in [0, 0.05) is 12.8 Å². The van der Waals surface area contributed by atoms with Gasteiger partial charge in [0.05, 0.1) is 25.4 Å². The Bertz CT molecular complexity index is 1220. The van der Waals surface area contributed by atoms with Gasteiger partial charge in [-0.3, -0.25) is 9.59 Å². The number of carbonyl (C=O) groups excluding carboxylic acids is 2. The standard InChI is InChI=1S/C75H147NO5/c1-3-5-7-9-11-13-15-17-19-37-40-43-47-51-55-59-63-67-73(78)72(71-77)76-74(79)68-64-60-56-52-48-44-41-38-35-33-31-29-27-25-23-21-20-22-24-26-28-30-32-34-36-39-42-46-50-54-58-62-66-70-81-75(80)69-65-61-57-53-49-45-18-16-14-12-10-8-6-4-2/h16,18,72-73,77-78H,3-15,17,19-71H2,1-2H3,(H,76,79)/b18-16-. The summed E-state index contributed by atoms with van der Waals surface area (Å²) < 4.78 is 5.49. The Morgan fingerprint density at radius 2 is 0.580 bits per heavy atom. The maximum Gasteiger partial charge on any atom is 0.305 e. The average molecular weight is 1140 g/mol. The van der Waals surface area contributed by atoms with Gasteiger partial charge in [-0.2, -0.15) is 0 Å². The smallest absolute Gasteiger partial charge is 0.305 e. The maximum absolute atomic E-state index is 12.5. The third kappa shape index (κ3) is 67.6. The zero-order valence-corrected chi connectivity index (χ0v) is 55.3. The van der Waals surface area contributed by atoms with E-state index in [-0.39, 0.29) is 18.5 Å². The van der Waals surface area contributed by atoms with E-state index in [4.69, 9.17) is 4.74 Å². The summed E-state index contributed by atoms with van der Waals surface area (Å²) in [5, 5.41) is 23.4. The lowest BCUT2D eigenvalue weighted by atomic mass is 10.0. The zero-order valence-electron chi connectivity index (χ0n) is 55.3. The SMILES string of the molecule is CCCCCCC/C=C\CCCCCCCC(=O)OCCCCCCCCCCCCCCCCCCCCCCCCCCCCCCCCCCCC(=O)NC(CO)C(O)CCCCCCCCCCCCCCCCCCC. The second-order valence-corrected chi connectivity index (χ2v) is 26.0. The Kier molecular flexibility index (Phi) is 69.9. The molecule has 0 saturated carbocycles. The minimum Gasteiger partial charge on any atom is -0.466 e. The van der Waals surface area contributed by atoms with Crippen LogP contribution in [0.2, 0.25) is 0 Å². The van der Waals surface area contributed by atoms with Crippen LogP contribution in [0.15, 0.2) is 12.2 Å². The Balaban J connectivity index is 3.31. The molecule has 0 saturated heterocycles. The van der Waals surface area contributed by atoms with Crippen molar-refractivity contribution in [2.75, 3.05) is 13.2 Å². The first kappa shape index (κ1) is 79.6. The lowest BCUT2D eigenvalue weighted by Gasteiger charge is -2.22. The van der Waals surface area contributed by atoms with Crippen LogP contribution >= 0.6 is 0 Å². The number of carbonyl (C=O) groups is 2. The molecular weight excluding hydrogens is 995 g/mol. The molecule has 0 aromatic heterocycles. The fraction of sp³-hybridized carbons (Fsp3) is 0.947. The first-order valence-electron chi connectivity index (χ1n) is 37.4. The van der Waals surface area contributed by atoms with Gasteiger partial charge >= 0.3 is 5.97 Å². The summed E-state index contributed by atoms with van der Waals surface area (Å²) in [5.41, 5.74) is 0. The highest BCUT2D eigenvalue weighted by Gasteiger charge is 2.20. The molecule has 2 unspecified atom stereocenters. The van der Waals surface area contributed by atoms with Crippen molar-refractivity contribution in [2.45, 2.75) is 443 Å². The fourth-order valence-corrected chi connectivity index (χ4v) is 12.1. The van der Waals surface area contributed by atoms with Crippen molar-refractivity contribution in [1.29, 1.82) is 0 Å². The summed E-state index contributed by atoms with van der Waals surface area (Å²) >= 11 is 0. The topological polar surface area (TPSA) is 95.9 Å². The van der Waals surface area contributed by atoms with E-state index in [0.29, 0.717) is 25.9 Å². The van der Waals surface area contributed by atoms with Crippen molar-refractivity contribution in [2.24, 2.45) is 0 Å². The van der Waals surface area contributed by atoms with Crippen LogP contribution in [0.4, 0.5) is 0 Å². The molecule has 0 aliphatic heterocycles. The summed E-state index contributed by atoms with van der Waals surface area (Å²) in [6.45, 7) is 4.99. The first-order valence-corrected chi connectivity index (χ1v) is 37.4. The number of amides is 1. The van der Waals surface area contributed by atoms with E-state index >= 15 is 0 Å². The van der Waals surface area contributed by atoms with E-state index in [2.05, 4.69) is 31.3 Å². The minimum absolute atomic E-state index is 0.0141. The summed E-state index contributed by atoms with van der Waals surface area (Å²) in [6.07, 6.45) is 88.6. The number of nitrogens with one attached hydrogen (secondary N) is 1. The number of esters is 1. The second kappa shape index (κ2) is 71.1. The van der Waals surface area contributed by atoms with Crippen LogP contribution < -0.4 is 5.32 Å². The molecule has 3 N–H and O–H groups in total. The zero-order chi connectivity index (χ0) is 58.5. The van der Waals surface area contributed by atoms with Crippen LogP contribution in [0.3, 0.4) is 0 Å².